The van der Waals surface area contributed by atoms with Gasteiger partial charge in [0.25, 0.3) is 10.1 Å². The zero-order chi connectivity index (χ0) is 10.1. The van der Waals surface area contributed by atoms with Gasteiger partial charge in [0.2, 0.25) is 0 Å². The van der Waals surface area contributed by atoms with Crippen LogP contribution in [0.3, 0.4) is 0 Å². The van der Waals surface area contributed by atoms with Crippen LogP contribution in [0.2, 0.25) is 0 Å². The second-order valence-electron chi connectivity index (χ2n) is 2.31. The van der Waals surface area contributed by atoms with Crippen LogP contribution >= 0.6 is 0 Å². The average molecular weight is 252 g/mol. The topological polar surface area (TPSA) is 83.8 Å². The van der Waals surface area contributed by atoms with E-state index in [9.17, 15) is 8.42 Å². The number of hydrogen-bond donors (Lipinski definition) is 2. The van der Waals surface area contributed by atoms with Gasteiger partial charge in [-0.25, -0.2) is 0 Å². The van der Waals surface area contributed by atoms with Crippen LogP contribution < -0.4 is 4.74 Å². The van der Waals surface area contributed by atoms with Crippen LogP contribution in [0.15, 0.2) is 23.1 Å². The summed E-state index contributed by atoms with van der Waals surface area (Å²) in [6, 6.07) is 3.30. The van der Waals surface area contributed by atoms with Crippen LogP contribution in [0.1, 0.15) is 0 Å². The minimum atomic E-state index is -4.30. The third kappa shape index (κ3) is 5.06. The van der Waals surface area contributed by atoms with Crippen molar-refractivity contribution in [2.24, 2.45) is 0 Å². The van der Waals surface area contributed by atoms with E-state index >= 15 is 0 Å². The fourth-order valence-electron chi connectivity index (χ4n) is 0.869. The van der Waals surface area contributed by atoms with Crippen LogP contribution in [0.25, 0.3) is 0 Å². The Labute approximate surface area is 132 Å². The Morgan fingerprint density at radius 1 is 1.27 bits per heavy atom. The van der Waals surface area contributed by atoms with E-state index < -0.39 is 10.1 Å². The van der Waals surface area contributed by atoms with E-state index in [4.69, 9.17) is 9.66 Å². The SMILES string of the molecule is COc1cc(O)ccc1S(=O)(=O)O.[NaH].[NaH]. The van der Waals surface area contributed by atoms with Crippen LogP contribution in [-0.4, -0.2) is 84.3 Å². The maximum absolute atomic E-state index is 10.7. The number of methoxy groups -OCH3 is 1. The molecule has 0 bridgehead atoms. The molecule has 1 aromatic carbocycles. The summed E-state index contributed by atoms with van der Waals surface area (Å²) in [4.78, 5) is -0.368. The van der Waals surface area contributed by atoms with E-state index in [1.807, 2.05) is 0 Å². The van der Waals surface area contributed by atoms with E-state index in [1.165, 1.54) is 7.11 Å². The predicted octanol–water partition coefficient (Wildman–Crippen LogP) is -0.649. The van der Waals surface area contributed by atoms with Crippen molar-refractivity contribution < 1.29 is 22.8 Å². The summed E-state index contributed by atoms with van der Waals surface area (Å²) < 4.78 is 34.8. The number of hydrogen-bond acceptors (Lipinski definition) is 4. The van der Waals surface area contributed by atoms with Gasteiger partial charge < -0.3 is 9.84 Å². The van der Waals surface area contributed by atoms with Crippen molar-refractivity contribution in [3.05, 3.63) is 18.2 Å². The molecular formula is C7H10Na2O5S. The van der Waals surface area contributed by atoms with Gasteiger partial charge in [0.1, 0.15) is 16.4 Å². The first-order chi connectivity index (χ1) is 5.95. The standard InChI is InChI=1S/C7H8O5S.2Na.2H/c1-12-6-4-5(8)2-3-7(6)13(9,10)11;;;;/h2-4,8H,1H3,(H,9,10,11);;;;. The molecule has 15 heavy (non-hydrogen) atoms. The second kappa shape index (κ2) is 7.13. The Kier molecular flexibility index (Phi) is 8.61. The third-order valence-corrected chi connectivity index (χ3v) is 2.32. The molecule has 0 amide bonds. The molecule has 8 heteroatoms. The van der Waals surface area contributed by atoms with Crippen LogP contribution in [0.5, 0.6) is 11.5 Å². The van der Waals surface area contributed by atoms with E-state index in [-0.39, 0.29) is 75.5 Å². The van der Waals surface area contributed by atoms with Gasteiger partial charge in [-0.15, -0.1) is 0 Å². The first-order valence-corrected chi connectivity index (χ1v) is 4.73. The molecule has 1 aromatic rings. The van der Waals surface area contributed by atoms with Crippen molar-refractivity contribution in [1.29, 1.82) is 0 Å². The number of aromatic hydroxyl groups is 1. The summed E-state index contributed by atoms with van der Waals surface area (Å²) in [6.07, 6.45) is 0. The predicted molar refractivity (Wildman–Crippen MR) is 58.8 cm³/mol. The quantitative estimate of drug-likeness (QED) is 0.540. The molecule has 2 N–H and O–H groups in total. The molecule has 0 spiro atoms. The molecule has 1 rings (SSSR count). The molecule has 0 fully saturated rings. The number of ether oxygens (including phenoxy) is 1. The van der Waals surface area contributed by atoms with Gasteiger partial charge in [0.05, 0.1) is 7.11 Å². The molecule has 0 atom stereocenters. The average Bonchev–Trinajstić information content (AvgIpc) is 2.01. The van der Waals surface area contributed by atoms with Crippen molar-refractivity contribution in [3.8, 4) is 11.5 Å². The molecule has 0 aliphatic carbocycles. The van der Waals surface area contributed by atoms with Gasteiger partial charge in [-0.1, -0.05) is 0 Å². The summed E-state index contributed by atoms with van der Waals surface area (Å²) >= 11 is 0. The maximum atomic E-state index is 10.7. The van der Waals surface area contributed by atoms with Crippen molar-refractivity contribution in [2.75, 3.05) is 7.11 Å². The van der Waals surface area contributed by atoms with Gasteiger partial charge in [-0.2, -0.15) is 8.42 Å². The number of phenols is 1. The molecule has 0 saturated heterocycles. The first kappa shape index (κ1) is 18.1. The summed E-state index contributed by atoms with van der Waals surface area (Å²) in [6.45, 7) is 0. The normalized spacial score (nSPS) is 9.73. The Hall–Kier alpha value is 0.730. The van der Waals surface area contributed by atoms with Crippen molar-refractivity contribution in [2.45, 2.75) is 4.90 Å². The summed E-state index contributed by atoms with van der Waals surface area (Å²) in [7, 11) is -3.06. The molecule has 0 aliphatic heterocycles. The Morgan fingerprint density at radius 3 is 2.20 bits per heavy atom. The summed E-state index contributed by atoms with van der Waals surface area (Å²) in [5, 5.41) is 8.98. The number of phenolic OH excluding ortho intramolecular Hbond substituents is 1. The molecule has 0 radical (unpaired) electrons. The monoisotopic (exact) mass is 252 g/mol. The van der Waals surface area contributed by atoms with E-state index in [0.29, 0.717) is 0 Å². The van der Waals surface area contributed by atoms with E-state index in [0.717, 1.165) is 18.2 Å². The van der Waals surface area contributed by atoms with Gasteiger partial charge in [-0.05, 0) is 12.1 Å². The number of rotatable bonds is 2. The van der Waals surface area contributed by atoms with Gasteiger partial charge in [0, 0.05) is 6.07 Å². The van der Waals surface area contributed by atoms with Crippen LogP contribution in [0, 0.1) is 0 Å². The zero-order valence-corrected chi connectivity index (χ0v) is 7.58. The van der Waals surface area contributed by atoms with Gasteiger partial charge in [0.15, 0.2) is 0 Å². The molecule has 0 aromatic heterocycles. The van der Waals surface area contributed by atoms with Gasteiger partial charge in [-0.3, -0.25) is 4.55 Å². The molecule has 0 aliphatic rings. The third-order valence-electron chi connectivity index (χ3n) is 1.43. The van der Waals surface area contributed by atoms with E-state index in [2.05, 4.69) is 4.74 Å². The molecule has 0 unspecified atom stereocenters. The molecule has 5 nitrogen and oxygen atoms in total. The molecular weight excluding hydrogens is 242 g/mol. The van der Waals surface area contributed by atoms with Gasteiger partial charge >= 0.3 is 59.1 Å². The van der Waals surface area contributed by atoms with Crippen molar-refractivity contribution >= 4 is 69.2 Å². The number of benzene rings is 1. The fraction of sp³-hybridized carbons (Fsp3) is 0.143. The Balaban J connectivity index is 0. The fourth-order valence-corrected chi connectivity index (χ4v) is 1.51. The van der Waals surface area contributed by atoms with Crippen molar-refractivity contribution in [3.63, 3.8) is 0 Å². The Bertz CT molecular complexity index is 417. The van der Waals surface area contributed by atoms with Crippen LogP contribution in [-0.2, 0) is 10.1 Å². The Morgan fingerprint density at radius 2 is 1.80 bits per heavy atom. The van der Waals surface area contributed by atoms with Crippen molar-refractivity contribution in [1.82, 2.24) is 0 Å². The zero-order valence-electron chi connectivity index (χ0n) is 6.76. The van der Waals surface area contributed by atoms with E-state index in [1.54, 1.807) is 0 Å². The van der Waals surface area contributed by atoms with Crippen LogP contribution in [0.4, 0.5) is 0 Å². The minimum absolute atomic E-state index is 0. The summed E-state index contributed by atoms with van der Waals surface area (Å²) in [5.74, 6) is -0.230. The second-order valence-corrected chi connectivity index (χ2v) is 3.70. The first-order valence-electron chi connectivity index (χ1n) is 3.29. The summed E-state index contributed by atoms with van der Waals surface area (Å²) in [5.41, 5.74) is 0. The molecule has 76 valence electrons. The molecule has 0 saturated carbocycles. The molecule has 0 heterocycles.